The molecule has 0 fully saturated rings. The Bertz CT molecular complexity index is 815. The largest absolute Gasteiger partial charge is 0.573 e. The van der Waals surface area contributed by atoms with Crippen LogP contribution in [-0.2, 0) is 11.3 Å². The molecule has 27 heavy (non-hydrogen) atoms. The summed E-state index contributed by atoms with van der Waals surface area (Å²) in [4.78, 5) is 11.7. The van der Waals surface area contributed by atoms with Gasteiger partial charge in [0.1, 0.15) is 11.4 Å². The zero-order valence-corrected chi connectivity index (χ0v) is 15.2. The molecule has 2 aromatic rings. The quantitative estimate of drug-likeness (QED) is 0.741. The Morgan fingerprint density at radius 3 is 2.33 bits per heavy atom. The van der Waals surface area contributed by atoms with Gasteiger partial charge in [0.05, 0.1) is 0 Å². The first kappa shape index (κ1) is 20.4. The number of hydrogen-bond donors (Lipinski definition) is 2. The molecular formula is C19H21F3N2O3. The molecule has 0 aliphatic carbocycles. The topological polar surface area (TPSA) is 73.6 Å². The van der Waals surface area contributed by atoms with Gasteiger partial charge in [-0.25, -0.2) is 4.79 Å². The third-order valence-electron chi connectivity index (χ3n) is 3.35. The lowest BCUT2D eigenvalue weighted by Gasteiger charge is -2.20. The van der Waals surface area contributed by atoms with E-state index in [0.29, 0.717) is 11.1 Å². The van der Waals surface area contributed by atoms with E-state index in [2.05, 4.69) is 10.1 Å². The first-order valence-corrected chi connectivity index (χ1v) is 8.15. The second-order valence-electron chi connectivity index (χ2n) is 6.82. The Labute approximate surface area is 155 Å². The van der Waals surface area contributed by atoms with Gasteiger partial charge in [0.2, 0.25) is 0 Å². The van der Waals surface area contributed by atoms with E-state index in [-0.39, 0.29) is 23.5 Å². The number of alkyl halides is 3. The molecule has 5 nitrogen and oxygen atoms in total. The van der Waals surface area contributed by atoms with Crippen molar-refractivity contribution in [2.45, 2.75) is 39.3 Å². The smallest absolute Gasteiger partial charge is 0.444 e. The van der Waals surface area contributed by atoms with E-state index in [1.807, 2.05) is 0 Å². The van der Waals surface area contributed by atoms with Crippen molar-refractivity contribution in [2.24, 2.45) is 0 Å². The van der Waals surface area contributed by atoms with E-state index in [1.165, 1.54) is 18.2 Å². The number of nitrogens with two attached hydrogens (primary N) is 1. The van der Waals surface area contributed by atoms with Gasteiger partial charge in [-0.15, -0.1) is 13.2 Å². The Balaban J connectivity index is 2.17. The zero-order valence-electron chi connectivity index (χ0n) is 15.2. The van der Waals surface area contributed by atoms with Crippen molar-refractivity contribution in [1.82, 2.24) is 5.32 Å². The van der Waals surface area contributed by atoms with Crippen LogP contribution in [0, 0.1) is 0 Å². The first-order valence-electron chi connectivity index (χ1n) is 8.15. The molecule has 0 atom stereocenters. The van der Waals surface area contributed by atoms with Crippen molar-refractivity contribution in [3.63, 3.8) is 0 Å². The van der Waals surface area contributed by atoms with Crippen LogP contribution in [0.15, 0.2) is 42.5 Å². The normalized spacial score (nSPS) is 11.8. The summed E-state index contributed by atoms with van der Waals surface area (Å²) in [5.74, 6) is -0.337. The molecule has 0 saturated carbocycles. The maximum Gasteiger partial charge on any atom is 0.573 e. The monoisotopic (exact) mass is 382 g/mol. The Kier molecular flexibility index (Phi) is 5.88. The molecule has 0 saturated heterocycles. The lowest BCUT2D eigenvalue weighted by atomic mass is 10.0. The second kappa shape index (κ2) is 7.77. The van der Waals surface area contributed by atoms with Crippen molar-refractivity contribution in [2.75, 3.05) is 5.73 Å². The van der Waals surface area contributed by atoms with E-state index in [1.54, 1.807) is 45.0 Å². The van der Waals surface area contributed by atoms with Gasteiger partial charge in [-0.3, -0.25) is 0 Å². The maximum absolute atomic E-state index is 12.6. The minimum Gasteiger partial charge on any atom is -0.444 e. The van der Waals surface area contributed by atoms with Crippen LogP contribution in [0.2, 0.25) is 0 Å². The Morgan fingerprint density at radius 1 is 1.07 bits per heavy atom. The van der Waals surface area contributed by atoms with Crippen LogP contribution >= 0.6 is 0 Å². The van der Waals surface area contributed by atoms with Gasteiger partial charge in [0.25, 0.3) is 0 Å². The summed E-state index contributed by atoms with van der Waals surface area (Å²) in [7, 11) is 0. The van der Waals surface area contributed by atoms with Crippen molar-refractivity contribution in [3.8, 4) is 16.9 Å². The number of rotatable bonds is 4. The third-order valence-corrected chi connectivity index (χ3v) is 3.35. The predicted molar refractivity (Wildman–Crippen MR) is 96.0 cm³/mol. The van der Waals surface area contributed by atoms with Gasteiger partial charge in [-0.1, -0.05) is 30.3 Å². The number of benzene rings is 2. The van der Waals surface area contributed by atoms with Crippen molar-refractivity contribution in [3.05, 3.63) is 48.0 Å². The van der Waals surface area contributed by atoms with Crippen LogP contribution in [-0.4, -0.2) is 18.1 Å². The number of hydrogen-bond acceptors (Lipinski definition) is 4. The van der Waals surface area contributed by atoms with Gasteiger partial charge in [-0.2, -0.15) is 0 Å². The zero-order chi connectivity index (χ0) is 20.2. The highest BCUT2D eigenvalue weighted by molar-refractivity contribution is 5.81. The van der Waals surface area contributed by atoms with Crippen LogP contribution < -0.4 is 15.8 Å². The molecule has 2 aromatic carbocycles. The fraction of sp³-hybridized carbons (Fsp3) is 0.316. The second-order valence-corrected chi connectivity index (χ2v) is 6.82. The van der Waals surface area contributed by atoms with E-state index in [0.717, 1.165) is 0 Å². The fourth-order valence-corrected chi connectivity index (χ4v) is 2.36. The average molecular weight is 382 g/mol. The number of ether oxygens (including phenoxy) is 2. The summed E-state index contributed by atoms with van der Waals surface area (Å²) in [6, 6.07) is 10.6. The minimum absolute atomic E-state index is 0.167. The van der Waals surface area contributed by atoms with Gasteiger partial charge in [0.15, 0.2) is 0 Å². The number of amides is 1. The van der Waals surface area contributed by atoms with E-state index >= 15 is 0 Å². The molecule has 0 unspecified atom stereocenters. The number of para-hydroxylation sites is 1. The van der Waals surface area contributed by atoms with Crippen molar-refractivity contribution in [1.29, 1.82) is 0 Å². The van der Waals surface area contributed by atoms with Gasteiger partial charge < -0.3 is 20.5 Å². The van der Waals surface area contributed by atoms with Crippen LogP contribution in [0.5, 0.6) is 5.75 Å². The standard InChI is InChI=1S/C19H21F3N2O3/c1-18(2,3)27-17(25)24-11-12-8-9-13(15(23)10-12)14-6-4-5-7-16(14)26-19(20,21)22/h4-10H,11,23H2,1-3H3,(H,24,25). The Morgan fingerprint density at radius 2 is 1.74 bits per heavy atom. The highest BCUT2D eigenvalue weighted by atomic mass is 19.4. The van der Waals surface area contributed by atoms with Gasteiger partial charge in [-0.05, 0) is 38.5 Å². The summed E-state index contributed by atoms with van der Waals surface area (Å²) in [5, 5.41) is 2.59. The SMILES string of the molecule is CC(C)(C)OC(=O)NCc1ccc(-c2ccccc2OC(F)(F)F)c(N)c1. The predicted octanol–water partition coefficient (Wildman–Crippen LogP) is 4.86. The van der Waals surface area contributed by atoms with Crippen LogP contribution in [0.1, 0.15) is 26.3 Å². The molecule has 0 heterocycles. The number of alkyl carbamates (subject to hydrolysis) is 1. The summed E-state index contributed by atoms with van der Waals surface area (Å²) in [5.41, 5.74) is 6.96. The number of halogens is 3. The summed E-state index contributed by atoms with van der Waals surface area (Å²) in [6.07, 6.45) is -5.38. The fourth-order valence-electron chi connectivity index (χ4n) is 2.36. The van der Waals surface area contributed by atoms with Crippen molar-refractivity contribution < 1.29 is 27.4 Å². The number of carbonyl (C=O) groups excluding carboxylic acids is 1. The molecule has 1 amide bonds. The summed E-state index contributed by atoms with van der Waals surface area (Å²) >= 11 is 0. The molecule has 0 aliphatic heterocycles. The molecule has 0 aliphatic rings. The van der Waals surface area contributed by atoms with Gasteiger partial charge in [0, 0.05) is 23.4 Å². The van der Waals surface area contributed by atoms with Gasteiger partial charge >= 0.3 is 12.5 Å². The number of nitrogen functional groups attached to an aromatic ring is 1. The van der Waals surface area contributed by atoms with Crippen LogP contribution in [0.3, 0.4) is 0 Å². The van der Waals surface area contributed by atoms with Crippen molar-refractivity contribution >= 4 is 11.8 Å². The lowest BCUT2D eigenvalue weighted by molar-refractivity contribution is -0.274. The van der Waals surface area contributed by atoms with Crippen LogP contribution in [0.4, 0.5) is 23.7 Å². The summed E-state index contributed by atoms with van der Waals surface area (Å²) < 4.78 is 47.0. The molecule has 3 N–H and O–H groups in total. The molecule has 0 radical (unpaired) electrons. The molecule has 0 aromatic heterocycles. The van der Waals surface area contributed by atoms with E-state index in [4.69, 9.17) is 10.5 Å². The summed E-state index contributed by atoms with van der Waals surface area (Å²) in [6.45, 7) is 5.42. The number of nitrogens with one attached hydrogen (secondary N) is 1. The van der Waals surface area contributed by atoms with E-state index in [9.17, 15) is 18.0 Å². The first-order chi connectivity index (χ1) is 12.4. The number of carbonyl (C=O) groups is 1. The average Bonchev–Trinajstić information content (AvgIpc) is 2.51. The third kappa shape index (κ3) is 6.40. The number of anilines is 1. The van der Waals surface area contributed by atoms with E-state index < -0.39 is 18.1 Å². The van der Waals surface area contributed by atoms with Crippen LogP contribution in [0.25, 0.3) is 11.1 Å². The Hall–Kier alpha value is -2.90. The molecule has 8 heteroatoms. The molecular weight excluding hydrogens is 361 g/mol. The molecule has 146 valence electrons. The lowest BCUT2D eigenvalue weighted by Crippen LogP contribution is -2.32. The molecule has 2 rings (SSSR count). The molecule has 0 spiro atoms. The highest BCUT2D eigenvalue weighted by Crippen LogP contribution is 2.36. The maximum atomic E-state index is 12.6. The highest BCUT2D eigenvalue weighted by Gasteiger charge is 2.32. The molecule has 0 bridgehead atoms. The minimum atomic E-state index is -4.80.